The first kappa shape index (κ1) is 12.9. The highest BCUT2D eigenvalue weighted by Crippen LogP contribution is 2.21. The van der Waals surface area contributed by atoms with Gasteiger partial charge in [-0.05, 0) is 24.6 Å². The first-order valence-corrected chi connectivity index (χ1v) is 6.46. The summed E-state index contributed by atoms with van der Waals surface area (Å²) in [6.07, 6.45) is 6.64. The predicted octanol–water partition coefficient (Wildman–Crippen LogP) is 2.74. The van der Waals surface area contributed by atoms with Crippen molar-refractivity contribution in [1.29, 1.82) is 0 Å². The van der Waals surface area contributed by atoms with Gasteiger partial charge >= 0.3 is 0 Å². The van der Waals surface area contributed by atoms with Crippen LogP contribution in [0.25, 0.3) is 0 Å². The minimum Gasteiger partial charge on any atom is -0.467 e. The van der Waals surface area contributed by atoms with Crippen molar-refractivity contribution in [2.75, 3.05) is 6.54 Å². The van der Waals surface area contributed by atoms with E-state index in [-0.39, 0.29) is 6.04 Å². The fraction of sp³-hybridized carbons (Fsp3) is 0.500. The molecule has 0 spiro atoms. The number of rotatable bonds is 6. The van der Waals surface area contributed by atoms with Crippen molar-refractivity contribution < 1.29 is 4.42 Å². The summed E-state index contributed by atoms with van der Waals surface area (Å²) in [7, 11) is 2.00. The highest BCUT2D eigenvalue weighted by Gasteiger charge is 2.20. The van der Waals surface area contributed by atoms with E-state index < -0.39 is 0 Å². The second kappa shape index (κ2) is 5.87. The molecule has 98 valence electrons. The monoisotopic (exact) mass is 247 g/mol. The quantitative estimate of drug-likeness (QED) is 0.853. The molecule has 4 heteroatoms. The Balaban J connectivity index is 2.17. The molecule has 0 bridgehead atoms. The fourth-order valence-corrected chi connectivity index (χ4v) is 1.89. The van der Waals surface area contributed by atoms with Crippen molar-refractivity contribution in [2.45, 2.75) is 26.3 Å². The average Bonchev–Trinajstić information content (AvgIpc) is 3.02. The van der Waals surface area contributed by atoms with Crippen LogP contribution in [-0.2, 0) is 7.05 Å². The molecule has 0 aromatic carbocycles. The molecular formula is C14H21N3O. The normalized spacial score (nSPS) is 14.6. The van der Waals surface area contributed by atoms with Crippen molar-refractivity contribution in [3.05, 3.63) is 42.4 Å². The van der Waals surface area contributed by atoms with Crippen LogP contribution in [0, 0.1) is 5.92 Å². The molecule has 18 heavy (non-hydrogen) atoms. The Kier molecular flexibility index (Phi) is 4.20. The third-order valence-electron chi connectivity index (χ3n) is 3.31. The third-order valence-corrected chi connectivity index (χ3v) is 3.31. The SMILES string of the molecule is CCC(C)CNC(c1ccco1)c1nccn1C. The van der Waals surface area contributed by atoms with Gasteiger partial charge in [-0.15, -0.1) is 0 Å². The summed E-state index contributed by atoms with van der Waals surface area (Å²) >= 11 is 0. The van der Waals surface area contributed by atoms with E-state index in [0.717, 1.165) is 18.1 Å². The van der Waals surface area contributed by atoms with Crippen LogP contribution in [0.5, 0.6) is 0 Å². The zero-order valence-corrected chi connectivity index (χ0v) is 11.3. The Morgan fingerprint density at radius 1 is 1.50 bits per heavy atom. The number of nitrogens with zero attached hydrogens (tertiary/aromatic N) is 2. The van der Waals surface area contributed by atoms with Gasteiger partial charge in [0.15, 0.2) is 0 Å². The van der Waals surface area contributed by atoms with Crippen LogP contribution < -0.4 is 5.32 Å². The first-order valence-electron chi connectivity index (χ1n) is 6.46. The highest BCUT2D eigenvalue weighted by atomic mass is 16.3. The Bertz CT molecular complexity index is 461. The maximum Gasteiger partial charge on any atom is 0.133 e. The smallest absolute Gasteiger partial charge is 0.133 e. The van der Waals surface area contributed by atoms with Gasteiger partial charge in [0, 0.05) is 19.4 Å². The Labute approximate surface area is 108 Å². The minimum absolute atomic E-state index is 0.0222. The second-order valence-electron chi connectivity index (χ2n) is 4.77. The molecule has 0 radical (unpaired) electrons. The largest absolute Gasteiger partial charge is 0.467 e. The van der Waals surface area contributed by atoms with Crippen molar-refractivity contribution >= 4 is 0 Å². The zero-order chi connectivity index (χ0) is 13.0. The van der Waals surface area contributed by atoms with Crippen molar-refractivity contribution in [3.8, 4) is 0 Å². The standard InChI is InChI=1S/C14H21N3O/c1-4-11(2)10-16-13(12-6-5-9-18-12)14-15-7-8-17(14)3/h5-9,11,13,16H,4,10H2,1-3H3. The Morgan fingerprint density at radius 2 is 2.33 bits per heavy atom. The third kappa shape index (κ3) is 2.82. The van der Waals surface area contributed by atoms with E-state index in [4.69, 9.17) is 4.42 Å². The van der Waals surface area contributed by atoms with Gasteiger partial charge in [0.25, 0.3) is 0 Å². The molecule has 2 rings (SSSR count). The summed E-state index contributed by atoms with van der Waals surface area (Å²) in [5, 5.41) is 3.54. The topological polar surface area (TPSA) is 43.0 Å². The lowest BCUT2D eigenvalue weighted by molar-refractivity contribution is 0.400. The van der Waals surface area contributed by atoms with Crippen LogP contribution in [0.4, 0.5) is 0 Å². The maximum absolute atomic E-state index is 5.52. The zero-order valence-electron chi connectivity index (χ0n) is 11.3. The van der Waals surface area contributed by atoms with Crippen molar-refractivity contribution in [3.63, 3.8) is 0 Å². The molecule has 0 aliphatic carbocycles. The second-order valence-corrected chi connectivity index (χ2v) is 4.77. The fourth-order valence-electron chi connectivity index (χ4n) is 1.89. The molecule has 0 saturated heterocycles. The molecule has 0 fully saturated rings. The molecule has 0 saturated carbocycles. The molecule has 0 amide bonds. The van der Waals surface area contributed by atoms with Gasteiger partial charge < -0.3 is 14.3 Å². The van der Waals surface area contributed by atoms with E-state index in [0.29, 0.717) is 5.92 Å². The van der Waals surface area contributed by atoms with Gasteiger partial charge in [0.05, 0.1) is 6.26 Å². The van der Waals surface area contributed by atoms with Gasteiger partial charge in [0.2, 0.25) is 0 Å². The molecule has 2 unspecified atom stereocenters. The van der Waals surface area contributed by atoms with Crippen molar-refractivity contribution in [1.82, 2.24) is 14.9 Å². The first-order chi connectivity index (χ1) is 8.72. The Hall–Kier alpha value is -1.55. The summed E-state index contributed by atoms with van der Waals surface area (Å²) in [6, 6.07) is 3.92. The van der Waals surface area contributed by atoms with Crippen LogP contribution in [0.3, 0.4) is 0 Å². The summed E-state index contributed by atoms with van der Waals surface area (Å²) in [4.78, 5) is 4.42. The number of aromatic nitrogens is 2. The lowest BCUT2D eigenvalue weighted by atomic mass is 10.1. The van der Waals surface area contributed by atoms with E-state index in [1.807, 2.05) is 36.1 Å². The van der Waals surface area contributed by atoms with Gasteiger partial charge in [-0.3, -0.25) is 0 Å². The van der Waals surface area contributed by atoms with E-state index in [9.17, 15) is 0 Å². The molecule has 2 atom stereocenters. The van der Waals surface area contributed by atoms with E-state index in [1.165, 1.54) is 6.42 Å². The number of imidazole rings is 1. The van der Waals surface area contributed by atoms with Crippen LogP contribution in [0.15, 0.2) is 35.2 Å². The van der Waals surface area contributed by atoms with Gasteiger partial charge in [-0.2, -0.15) is 0 Å². The van der Waals surface area contributed by atoms with Gasteiger partial charge in [-0.25, -0.2) is 4.98 Å². The average molecular weight is 247 g/mol. The van der Waals surface area contributed by atoms with E-state index in [1.54, 1.807) is 6.26 Å². The molecule has 2 heterocycles. The molecule has 0 aliphatic heterocycles. The van der Waals surface area contributed by atoms with Crippen molar-refractivity contribution in [2.24, 2.45) is 13.0 Å². The lowest BCUT2D eigenvalue weighted by Crippen LogP contribution is -2.28. The summed E-state index contributed by atoms with van der Waals surface area (Å²) in [5.74, 6) is 2.53. The number of hydrogen-bond donors (Lipinski definition) is 1. The summed E-state index contributed by atoms with van der Waals surface area (Å²) in [5.41, 5.74) is 0. The van der Waals surface area contributed by atoms with E-state index >= 15 is 0 Å². The number of aryl methyl sites for hydroxylation is 1. The summed E-state index contributed by atoms with van der Waals surface area (Å²) in [6.45, 7) is 5.40. The maximum atomic E-state index is 5.52. The number of nitrogens with one attached hydrogen (secondary N) is 1. The molecule has 1 N–H and O–H groups in total. The summed E-state index contributed by atoms with van der Waals surface area (Å²) < 4.78 is 7.55. The number of hydrogen-bond acceptors (Lipinski definition) is 3. The van der Waals surface area contributed by atoms with E-state index in [2.05, 4.69) is 24.1 Å². The molecular weight excluding hydrogens is 226 g/mol. The van der Waals surface area contributed by atoms with Crippen LogP contribution in [0.2, 0.25) is 0 Å². The molecule has 4 nitrogen and oxygen atoms in total. The lowest BCUT2D eigenvalue weighted by Gasteiger charge is -2.18. The van der Waals surface area contributed by atoms with Crippen LogP contribution in [0.1, 0.15) is 37.9 Å². The van der Waals surface area contributed by atoms with Gasteiger partial charge in [-0.1, -0.05) is 20.3 Å². The predicted molar refractivity (Wildman–Crippen MR) is 71.2 cm³/mol. The molecule has 2 aromatic heterocycles. The Morgan fingerprint density at radius 3 is 2.89 bits per heavy atom. The molecule has 2 aromatic rings. The molecule has 0 aliphatic rings. The number of furan rings is 1. The van der Waals surface area contributed by atoms with Gasteiger partial charge in [0.1, 0.15) is 17.6 Å². The minimum atomic E-state index is 0.0222. The highest BCUT2D eigenvalue weighted by molar-refractivity contribution is 5.15. The van der Waals surface area contributed by atoms with Crippen LogP contribution >= 0.6 is 0 Å². The van der Waals surface area contributed by atoms with Crippen LogP contribution in [-0.4, -0.2) is 16.1 Å².